The summed E-state index contributed by atoms with van der Waals surface area (Å²) < 4.78 is 5.41. The number of hydrogen-bond donors (Lipinski definition) is 1. The minimum atomic E-state index is 0.696. The highest BCUT2D eigenvalue weighted by Gasteiger charge is 2.09. The number of aryl methyl sites for hydroxylation is 1. The summed E-state index contributed by atoms with van der Waals surface area (Å²) in [6, 6.07) is 10.2. The molecule has 0 aliphatic rings. The average molecular weight is 342 g/mol. The molecule has 1 aromatic heterocycles. The van der Waals surface area contributed by atoms with Crippen molar-refractivity contribution in [3.63, 3.8) is 0 Å². The lowest BCUT2D eigenvalue weighted by atomic mass is 10.1. The van der Waals surface area contributed by atoms with Crippen molar-refractivity contribution in [3.8, 4) is 5.75 Å². The first kappa shape index (κ1) is 19.0. The van der Waals surface area contributed by atoms with Gasteiger partial charge < -0.3 is 15.0 Å². The van der Waals surface area contributed by atoms with Crippen molar-refractivity contribution in [3.05, 3.63) is 41.6 Å². The van der Waals surface area contributed by atoms with Crippen LogP contribution in [0.15, 0.2) is 30.3 Å². The molecule has 0 atom stereocenters. The van der Waals surface area contributed by atoms with Crippen LogP contribution in [0.1, 0.15) is 37.9 Å². The van der Waals surface area contributed by atoms with Crippen molar-refractivity contribution < 1.29 is 4.74 Å². The summed E-state index contributed by atoms with van der Waals surface area (Å²) in [5, 5.41) is 3.36. The quantitative estimate of drug-likeness (QED) is 0.705. The van der Waals surface area contributed by atoms with Crippen LogP contribution < -0.4 is 15.0 Å². The van der Waals surface area contributed by atoms with Crippen molar-refractivity contribution in [2.45, 2.75) is 40.0 Å². The molecule has 0 spiro atoms. The normalized spacial score (nSPS) is 10.6. The van der Waals surface area contributed by atoms with E-state index in [1.165, 1.54) is 5.56 Å². The summed E-state index contributed by atoms with van der Waals surface area (Å²) in [6.07, 6.45) is 3.09. The Labute approximate surface area is 151 Å². The summed E-state index contributed by atoms with van der Waals surface area (Å²) in [5.41, 5.74) is 2.17. The van der Waals surface area contributed by atoms with Gasteiger partial charge in [0, 0.05) is 31.4 Å². The van der Waals surface area contributed by atoms with Crippen LogP contribution in [-0.2, 0) is 6.42 Å². The van der Waals surface area contributed by atoms with Crippen molar-refractivity contribution in [1.29, 1.82) is 0 Å². The third-order valence-corrected chi connectivity index (χ3v) is 4.02. The van der Waals surface area contributed by atoms with Gasteiger partial charge in [0.1, 0.15) is 11.6 Å². The molecule has 2 rings (SSSR count). The molecule has 0 unspecified atom stereocenters. The molecular formula is C20H30N4O. The molecule has 0 radical (unpaired) electrons. The van der Waals surface area contributed by atoms with Gasteiger partial charge in [0.05, 0.1) is 7.11 Å². The van der Waals surface area contributed by atoms with Crippen LogP contribution in [0.2, 0.25) is 0 Å². The number of rotatable bonds is 10. The molecule has 0 bridgehead atoms. The molecule has 5 heteroatoms. The Bertz CT molecular complexity index is 654. The maximum atomic E-state index is 5.41. The highest BCUT2D eigenvalue weighted by Crippen LogP contribution is 2.19. The van der Waals surface area contributed by atoms with E-state index in [0.717, 1.165) is 56.2 Å². The molecular weight excluding hydrogens is 312 g/mol. The number of para-hydroxylation sites is 1. The number of ether oxygens (including phenoxy) is 1. The standard InChI is InChI=1S/C20H30N4O/c1-5-13-24(14-6-2)19-15-16(3)22-20(23-19)21-12-11-17-9-7-8-10-18(17)25-4/h7-10,15H,5-6,11-14H2,1-4H3,(H,21,22,23). The molecule has 0 aliphatic carbocycles. The topological polar surface area (TPSA) is 50.3 Å². The van der Waals surface area contributed by atoms with Crippen LogP contribution in [0.4, 0.5) is 11.8 Å². The van der Waals surface area contributed by atoms with Gasteiger partial charge in [-0.15, -0.1) is 0 Å². The third kappa shape index (κ3) is 5.62. The van der Waals surface area contributed by atoms with Gasteiger partial charge in [-0.1, -0.05) is 32.0 Å². The number of methoxy groups -OCH3 is 1. The van der Waals surface area contributed by atoms with Gasteiger partial charge in [0.25, 0.3) is 0 Å². The summed E-state index contributed by atoms with van der Waals surface area (Å²) in [5.74, 6) is 2.63. The zero-order chi connectivity index (χ0) is 18.1. The van der Waals surface area contributed by atoms with Gasteiger partial charge in [-0.05, 0) is 37.8 Å². The van der Waals surface area contributed by atoms with E-state index >= 15 is 0 Å². The highest BCUT2D eigenvalue weighted by atomic mass is 16.5. The number of hydrogen-bond acceptors (Lipinski definition) is 5. The van der Waals surface area contributed by atoms with Crippen molar-refractivity contribution in [1.82, 2.24) is 9.97 Å². The smallest absolute Gasteiger partial charge is 0.224 e. The Morgan fingerprint density at radius 2 is 1.80 bits per heavy atom. The Morgan fingerprint density at radius 1 is 1.08 bits per heavy atom. The largest absolute Gasteiger partial charge is 0.496 e. The Hall–Kier alpha value is -2.30. The lowest BCUT2D eigenvalue weighted by Gasteiger charge is -2.23. The predicted molar refractivity (Wildman–Crippen MR) is 105 cm³/mol. The first-order valence-corrected chi connectivity index (χ1v) is 9.14. The van der Waals surface area contributed by atoms with Gasteiger partial charge in [-0.3, -0.25) is 0 Å². The Morgan fingerprint density at radius 3 is 2.48 bits per heavy atom. The van der Waals surface area contributed by atoms with E-state index in [9.17, 15) is 0 Å². The van der Waals surface area contributed by atoms with Crippen LogP contribution in [0, 0.1) is 6.92 Å². The fraction of sp³-hybridized carbons (Fsp3) is 0.500. The van der Waals surface area contributed by atoms with Crippen LogP contribution in [0.25, 0.3) is 0 Å². The van der Waals surface area contributed by atoms with Crippen molar-refractivity contribution >= 4 is 11.8 Å². The second-order valence-corrected chi connectivity index (χ2v) is 6.17. The van der Waals surface area contributed by atoms with E-state index in [0.29, 0.717) is 5.95 Å². The molecule has 25 heavy (non-hydrogen) atoms. The number of nitrogens with one attached hydrogen (secondary N) is 1. The van der Waals surface area contributed by atoms with Crippen LogP contribution >= 0.6 is 0 Å². The van der Waals surface area contributed by atoms with Crippen LogP contribution in [0.5, 0.6) is 5.75 Å². The number of nitrogens with zero attached hydrogens (tertiary/aromatic N) is 3. The van der Waals surface area contributed by atoms with Crippen LogP contribution in [-0.4, -0.2) is 36.7 Å². The molecule has 0 saturated heterocycles. The van der Waals surface area contributed by atoms with Crippen molar-refractivity contribution in [2.75, 3.05) is 37.0 Å². The predicted octanol–water partition coefficient (Wildman–Crippen LogP) is 4.07. The highest BCUT2D eigenvalue weighted by molar-refractivity contribution is 5.45. The maximum absolute atomic E-state index is 5.41. The zero-order valence-electron chi connectivity index (χ0n) is 15.9. The molecule has 1 heterocycles. The van der Waals surface area contributed by atoms with Gasteiger partial charge in [-0.2, -0.15) is 4.98 Å². The molecule has 1 aromatic carbocycles. The summed E-state index contributed by atoms with van der Waals surface area (Å²) in [4.78, 5) is 11.6. The van der Waals surface area contributed by atoms with Gasteiger partial charge in [0.15, 0.2) is 0 Å². The first-order chi connectivity index (χ1) is 12.2. The lowest BCUT2D eigenvalue weighted by molar-refractivity contribution is 0.410. The summed E-state index contributed by atoms with van der Waals surface area (Å²) in [6.45, 7) is 9.22. The van der Waals surface area contributed by atoms with Gasteiger partial charge in [-0.25, -0.2) is 4.98 Å². The van der Waals surface area contributed by atoms with Crippen molar-refractivity contribution in [2.24, 2.45) is 0 Å². The van der Waals surface area contributed by atoms with E-state index in [1.807, 2.05) is 25.1 Å². The summed E-state index contributed by atoms with van der Waals surface area (Å²) in [7, 11) is 1.71. The number of benzene rings is 1. The van der Waals surface area contributed by atoms with Gasteiger partial charge >= 0.3 is 0 Å². The fourth-order valence-electron chi connectivity index (χ4n) is 2.89. The van der Waals surface area contributed by atoms with Gasteiger partial charge in [0.2, 0.25) is 5.95 Å². The Balaban J connectivity index is 2.04. The maximum Gasteiger partial charge on any atom is 0.224 e. The third-order valence-electron chi connectivity index (χ3n) is 4.02. The zero-order valence-corrected chi connectivity index (χ0v) is 15.9. The van der Waals surface area contributed by atoms with E-state index in [1.54, 1.807) is 7.11 Å². The minimum Gasteiger partial charge on any atom is -0.496 e. The molecule has 0 saturated carbocycles. The molecule has 5 nitrogen and oxygen atoms in total. The minimum absolute atomic E-state index is 0.696. The molecule has 2 aromatic rings. The second kappa shape index (κ2) is 9.87. The first-order valence-electron chi connectivity index (χ1n) is 9.14. The Kier molecular flexibility index (Phi) is 7.51. The number of aromatic nitrogens is 2. The molecule has 0 fully saturated rings. The lowest BCUT2D eigenvalue weighted by Crippen LogP contribution is -2.26. The molecule has 0 aliphatic heterocycles. The number of anilines is 2. The van der Waals surface area contributed by atoms with Crippen LogP contribution in [0.3, 0.4) is 0 Å². The second-order valence-electron chi connectivity index (χ2n) is 6.17. The van der Waals surface area contributed by atoms with E-state index < -0.39 is 0 Å². The van der Waals surface area contributed by atoms with E-state index in [2.05, 4.69) is 41.2 Å². The summed E-state index contributed by atoms with van der Waals surface area (Å²) >= 11 is 0. The van der Waals surface area contributed by atoms with E-state index in [4.69, 9.17) is 9.72 Å². The molecule has 1 N–H and O–H groups in total. The monoisotopic (exact) mass is 342 g/mol. The average Bonchev–Trinajstić information content (AvgIpc) is 2.61. The fourth-order valence-corrected chi connectivity index (χ4v) is 2.89. The molecule has 136 valence electrons. The van der Waals surface area contributed by atoms with E-state index in [-0.39, 0.29) is 0 Å². The SMILES string of the molecule is CCCN(CCC)c1cc(C)nc(NCCc2ccccc2OC)n1. The molecule has 0 amide bonds.